The Morgan fingerprint density at radius 3 is 2.95 bits per heavy atom. The average Bonchev–Trinajstić information content (AvgIpc) is 2.72. The third kappa shape index (κ3) is 3.54. The molecule has 106 valence electrons. The predicted molar refractivity (Wildman–Crippen MR) is 75.9 cm³/mol. The van der Waals surface area contributed by atoms with Gasteiger partial charge in [-0.1, -0.05) is 6.92 Å². The molecule has 1 unspecified atom stereocenters. The summed E-state index contributed by atoms with van der Waals surface area (Å²) in [4.78, 5) is 20.7. The van der Waals surface area contributed by atoms with Crippen LogP contribution in [0.4, 0.5) is 0 Å². The summed E-state index contributed by atoms with van der Waals surface area (Å²) in [7, 11) is 1.62. The van der Waals surface area contributed by atoms with Crippen LogP contribution >= 0.6 is 0 Å². The SMILES string of the molecule is CCN1CCCN(C2N=CC(C(=O)NC)=CN2)CC1. The van der Waals surface area contributed by atoms with Gasteiger partial charge in [-0.2, -0.15) is 0 Å². The van der Waals surface area contributed by atoms with Gasteiger partial charge in [0.05, 0.1) is 5.57 Å². The number of nitrogens with zero attached hydrogens (tertiary/aromatic N) is 3. The number of amides is 1. The van der Waals surface area contributed by atoms with E-state index in [9.17, 15) is 4.79 Å². The Morgan fingerprint density at radius 2 is 2.32 bits per heavy atom. The van der Waals surface area contributed by atoms with Gasteiger partial charge in [0.25, 0.3) is 5.91 Å². The molecule has 2 heterocycles. The molecule has 2 aliphatic heterocycles. The number of nitrogens with one attached hydrogen (secondary N) is 2. The lowest BCUT2D eigenvalue weighted by molar-refractivity contribution is -0.116. The largest absolute Gasteiger partial charge is 0.357 e. The first-order valence-corrected chi connectivity index (χ1v) is 6.92. The highest BCUT2D eigenvalue weighted by molar-refractivity contribution is 6.12. The minimum Gasteiger partial charge on any atom is -0.357 e. The van der Waals surface area contributed by atoms with E-state index in [-0.39, 0.29) is 12.2 Å². The smallest absolute Gasteiger partial charge is 0.254 e. The van der Waals surface area contributed by atoms with Crippen molar-refractivity contribution < 1.29 is 4.79 Å². The molecule has 1 fully saturated rings. The maximum atomic E-state index is 11.5. The van der Waals surface area contributed by atoms with E-state index < -0.39 is 0 Å². The summed E-state index contributed by atoms with van der Waals surface area (Å²) >= 11 is 0. The minimum absolute atomic E-state index is 0.0368. The van der Waals surface area contributed by atoms with Gasteiger partial charge in [0.15, 0.2) is 6.29 Å². The molecule has 6 heteroatoms. The molecule has 6 nitrogen and oxygen atoms in total. The van der Waals surface area contributed by atoms with Crippen molar-refractivity contribution in [3.05, 3.63) is 11.8 Å². The maximum absolute atomic E-state index is 11.5. The van der Waals surface area contributed by atoms with Gasteiger partial charge in [0.2, 0.25) is 0 Å². The summed E-state index contributed by atoms with van der Waals surface area (Å²) in [6.45, 7) is 7.58. The maximum Gasteiger partial charge on any atom is 0.254 e. The Labute approximate surface area is 114 Å². The van der Waals surface area contributed by atoms with Crippen molar-refractivity contribution in [1.29, 1.82) is 0 Å². The van der Waals surface area contributed by atoms with Crippen LogP contribution in [0.15, 0.2) is 16.8 Å². The van der Waals surface area contributed by atoms with Gasteiger partial charge < -0.3 is 15.5 Å². The second kappa shape index (κ2) is 6.68. The Morgan fingerprint density at radius 1 is 1.47 bits per heavy atom. The number of rotatable bonds is 3. The van der Waals surface area contributed by atoms with Crippen molar-refractivity contribution in [3.63, 3.8) is 0 Å². The van der Waals surface area contributed by atoms with Gasteiger partial charge in [0.1, 0.15) is 0 Å². The summed E-state index contributed by atoms with van der Waals surface area (Å²) in [6.07, 6.45) is 4.53. The normalized spacial score (nSPS) is 25.4. The molecule has 0 saturated carbocycles. The second-order valence-electron chi connectivity index (χ2n) is 4.82. The molecule has 1 saturated heterocycles. The third-order valence-corrected chi connectivity index (χ3v) is 3.65. The summed E-state index contributed by atoms with van der Waals surface area (Å²) in [5.74, 6) is -0.109. The molecule has 2 N–H and O–H groups in total. The van der Waals surface area contributed by atoms with Crippen LogP contribution < -0.4 is 10.6 Å². The summed E-state index contributed by atoms with van der Waals surface area (Å²) < 4.78 is 0. The summed E-state index contributed by atoms with van der Waals surface area (Å²) in [6, 6.07) is 0. The zero-order chi connectivity index (χ0) is 13.7. The lowest BCUT2D eigenvalue weighted by atomic mass is 10.2. The van der Waals surface area contributed by atoms with Crippen molar-refractivity contribution in [1.82, 2.24) is 20.4 Å². The topological polar surface area (TPSA) is 60.0 Å². The molecule has 0 radical (unpaired) electrons. The van der Waals surface area contributed by atoms with Crippen LogP contribution in [0.2, 0.25) is 0 Å². The fourth-order valence-corrected chi connectivity index (χ4v) is 2.42. The van der Waals surface area contributed by atoms with Crippen molar-refractivity contribution in [2.45, 2.75) is 19.6 Å². The third-order valence-electron chi connectivity index (χ3n) is 3.65. The number of carbonyl (C=O) groups is 1. The van der Waals surface area contributed by atoms with E-state index in [1.165, 1.54) is 0 Å². The molecular formula is C13H23N5O. The van der Waals surface area contributed by atoms with Crippen LogP contribution in [0.3, 0.4) is 0 Å². The lowest BCUT2D eigenvalue weighted by Crippen LogP contribution is -2.46. The van der Waals surface area contributed by atoms with Crippen molar-refractivity contribution in [2.75, 3.05) is 39.8 Å². The first kappa shape index (κ1) is 14.0. The fourth-order valence-electron chi connectivity index (χ4n) is 2.42. The van der Waals surface area contributed by atoms with E-state index in [0.717, 1.165) is 39.1 Å². The highest BCUT2D eigenvalue weighted by Crippen LogP contribution is 2.09. The van der Waals surface area contributed by atoms with Gasteiger partial charge in [-0.3, -0.25) is 14.7 Å². The monoisotopic (exact) mass is 265 g/mol. The van der Waals surface area contributed by atoms with Crippen LogP contribution in [0, 0.1) is 0 Å². The van der Waals surface area contributed by atoms with Crippen molar-refractivity contribution in [3.8, 4) is 0 Å². The van der Waals surface area contributed by atoms with E-state index in [2.05, 4.69) is 32.3 Å². The Bertz CT molecular complexity index is 379. The molecular weight excluding hydrogens is 242 g/mol. The molecule has 19 heavy (non-hydrogen) atoms. The zero-order valence-corrected chi connectivity index (χ0v) is 11.7. The lowest BCUT2D eigenvalue weighted by Gasteiger charge is -2.29. The Hall–Kier alpha value is -1.40. The van der Waals surface area contributed by atoms with Gasteiger partial charge >= 0.3 is 0 Å². The fraction of sp³-hybridized carbons (Fsp3) is 0.692. The molecule has 0 bridgehead atoms. The van der Waals surface area contributed by atoms with Crippen LogP contribution in [-0.2, 0) is 4.79 Å². The highest BCUT2D eigenvalue weighted by Gasteiger charge is 2.22. The van der Waals surface area contributed by atoms with Gasteiger partial charge in [-0.15, -0.1) is 0 Å². The number of hydrogen-bond acceptors (Lipinski definition) is 5. The first-order valence-electron chi connectivity index (χ1n) is 6.92. The number of hydrogen-bond donors (Lipinski definition) is 2. The molecule has 2 rings (SSSR count). The zero-order valence-electron chi connectivity index (χ0n) is 11.7. The Balaban J connectivity index is 1.89. The molecule has 0 aromatic rings. The average molecular weight is 265 g/mol. The van der Waals surface area contributed by atoms with Crippen molar-refractivity contribution in [2.24, 2.45) is 4.99 Å². The predicted octanol–water partition coefficient (Wildman–Crippen LogP) is -0.398. The molecule has 0 aromatic carbocycles. The van der Waals surface area contributed by atoms with Crippen LogP contribution in [0.25, 0.3) is 0 Å². The van der Waals surface area contributed by atoms with E-state index >= 15 is 0 Å². The molecule has 1 atom stereocenters. The summed E-state index contributed by atoms with van der Waals surface area (Å²) in [5, 5.41) is 5.80. The molecule has 0 aromatic heterocycles. The standard InChI is InChI=1S/C13H23N5O/c1-3-17-5-4-6-18(8-7-17)13-15-9-11(10-16-13)12(19)14-2/h9-10,13,15H,3-8H2,1-2H3,(H,14,19). The molecule has 0 aliphatic carbocycles. The van der Waals surface area contributed by atoms with E-state index in [4.69, 9.17) is 0 Å². The summed E-state index contributed by atoms with van der Waals surface area (Å²) in [5.41, 5.74) is 0.573. The first-order chi connectivity index (χ1) is 9.24. The van der Waals surface area contributed by atoms with Gasteiger partial charge in [0, 0.05) is 39.1 Å². The van der Waals surface area contributed by atoms with E-state index in [1.54, 1.807) is 19.5 Å². The van der Waals surface area contributed by atoms with E-state index in [1.807, 2.05) is 0 Å². The molecule has 2 aliphatic rings. The van der Waals surface area contributed by atoms with Gasteiger partial charge in [-0.25, -0.2) is 0 Å². The highest BCUT2D eigenvalue weighted by atomic mass is 16.1. The minimum atomic E-state index is -0.109. The number of aliphatic imine (C=N–C) groups is 1. The second-order valence-corrected chi connectivity index (χ2v) is 4.82. The van der Waals surface area contributed by atoms with Gasteiger partial charge in [-0.05, 0) is 19.5 Å². The Kier molecular flexibility index (Phi) is 4.93. The van der Waals surface area contributed by atoms with E-state index in [0.29, 0.717) is 5.57 Å². The molecule has 1 amide bonds. The number of carbonyl (C=O) groups excluding carboxylic acids is 1. The molecule has 0 spiro atoms. The van der Waals surface area contributed by atoms with Crippen LogP contribution in [0.1, 0.15) is 13.3 Å². The van der Waals surface area contributed by atoms with Crippen LogP contribution in [0.5, 0.6) is 0 Å². The quantitative estimate of drug-likeness (QED) is 0.729. The van der Waals surface area contributed by atoms with Crippen LogP contribution in [-0.4, -0.2) is 68.0 Å². The number of likely N-dealkylation sites (N-methyl/N-ethyl adjacent to an activating group) is 2. The van der Waals surface area contributed by atoms with Crippen molar-refractivity contribution >= 4 is 12.1 Å².